The number of nitrogen functional groups attached to an aromatic ring is 1. The monoisotopic (exact) mass is 244 g/mol. The zero-order valence-electron chi connectivity index (χ0n) is 9.48. The Morgan fingerprint density at radius 1 is 1.56 bits per heavy atom. The molecular formula is C11H17ClN2O2. The van der Waals surface area contributed by atoms with E-state index in [2.05, 4.69) is 0 Å². The standard InChI is InChI=1S/C11H17ClN2O2/c1-14(6-9(15)7-16-2)11-5-8(12)3-4-10(11)13/h3-5,9,15H,6-7,13H2,1-2H3. The molecule has 1 aromatic carbocycles. The van der Waals surface area contributed by atoms with Crippen LogP contribution >= 0.6 is 11.6 Å². The van der Waals surface area contributed by atoms with Gasteiger partial charge in [-0.05, 0) is 18.2 Å². The number of aliphatic hydroxyl groups is 1. The number of methoxy groups -OCH3 is 1. The number of halogens is 1. The average Bonchev–Trinajstić information content (AvgIpc) is 2.21. The second-order valence-corrected chi connectivity index (χ2v) is 4.13. The second kappa shape index (κ2) is 5.94. The molecule has 0 aromatic heterocycles. The lowest BCUT2D eigenvalue weighted by atomic mass is 10.2. The van der Waals surface area contributed by atoms with E-state index in [1.165, 1.54) is 0 Å². The Hall–Kier alpha value is -0.970. The van der Waals surface area contributed by atoms with Crippen LogP contribution in [0.1, 0.15) is 0 Å². The number of likely N-dealkylation sites (N-methyl/N-ethyl adjacent to an activating group) is 1. The summed E-state index contributed by atoms with van der Waals surface area (Å²) in [6, 6.07) is 5.26. The SMILES string of the molecule is COCC(O)CN(C)c1cc(Cl)ccc1N. The van der Waals surface area contributed by atoms with Crippen LogP contribution in [-0.4, -0.2) is 38.5 Å². The van der Waals surface area contributed by atoms with Crippen LogP contribution < -0.4 is 10.6 Å². The molecule has 0 heterocycles. The molecule has 0 aliphatic rings. The molecule has 1 atom stereocenters. The van der Waals surface area contributed by atoms with Gasteiger partial charge >= 0.3 is 0 Å². The molecule has 0 spiro atoms. The second-order valence-electron chi connectivity index (χ2n) is 3.69. The Balaban J connectivity index is 2.72. The molecule has 16 heavy (non-hydrogen) atoms. The Bertz CT molecular complexity index is 347. The number of ether oxygens (including phenoxy) is 1. The van der Waals surface area contributed by atoms with Gasteiger partial charge in [0.1, 0.15) is 0 Å². The fourth-order valence-corrected chi connectivity index (χ4v) is 1.67. The van der Waals surface area contributed by atoms with Crippen LogP contribution in [0.15, 0.2) is 18.2 Å². The van der Waals surface area contributed by atoms with Crippen molar-refractivity contribution in [3.63, 3.8) is 0 Å². The Morgan fingerprint density at radius 3 is 2.88 bits per heavy atom. The van der Waals surface area contributed by atoms with Crippen molar-refractivity contribution >= 4 is 23.0 Å². The van der Waals surface area contributed by atoms with E-state index in [0.29, 0.717) is 23.9 Å². The minimum absolute atomic E-state index is 0.296. The van der Waals surface area contributed by atoms with Crippen molar-refractivity contribution in [2.45, 2.75) is 6.10 Å². The molecule has 90 valence electrons. The van der Waals surface area contributed by atoms with E-state index in [1.54, 1.807) is 25.3 Å². The molecular weight excluding hydrogens is 228 g/mol. The molecule has 0 amide bonds. The van der Waals surface area contributed by atoms with E-state index >= 15 is 0 Å². The summed E-state index contributed by atoms with van der Waals surface area (Å²) in [7, 11) is 3.40. The van der Waals surface area contributed by atoms with E-state index in [-0.39, 0.29) is 0 Å². The van der Waals surface area contributed by atoms with Gasteiger partial charge in [-0.3, -0.25) is 0 Å². The molecule has 0 aliphatic heterocycles. The first-order valence-electron chi connectivity index (χ1n) is 4.97. The lowest BCUT2D eigenvalue weighted by Crippen LogP contribution is -2.32. The smallest absolute Gasteiger partial charge is 0.0947 e. The first kappa shape index (κ1) is 13.1. The molecule has 1 rings (SSSR count). The molecule has 3 N–H and O–H groups in total. The molecule has 0 aliphatic carbocycles. The highest BCUT2D eigenvalue weighted by Crippen LogP contribution is 2.25. The summed E-state index contributed by atoms with van der Waals surface area (Å²) in [5, 5.41) is 10.2. The molecule has 0 saturated carbocycles. The molecule has 0 fully saturated rings. The maximum absolute atomic E-state index is 9.60. The Morgan fingerprint density at radius 2 is 2.25 bits per heavy atom. The zero-order valence-corrected chi connectivity index (χ0v) is 10.2. The normalized spacial score (nSPS) is 12.5. The summed E-state index contributed by atoms with van der Waals surface area (Å²) in [6.45, 7) is 0.739. The summed E-state index contributed by atoms with van der Waals surface area (Å²) >= 11 is 5.89. The number of nitrogens with zero attached hydrogens (tertiary/aromatic N) is 1. The van der Waals surface area contributed by atoms with E-state index in [0.717, 1.165) is 5.69 Å². The topological polar surface area (TPSA) is 58.7 Å². The van der Waals surface area contributed by atoms with E-state index < -0.39 is 6.10 Å². The zero-order chi connectivity index (χ0) is 12.1. The average molecular weight is 245 g/mol. The van der Waals surface area contributed by atoms with Crippen LogP contribution in [0.4, 0.5) is 11.4 Å². The van der Waals surface area contributed by atoms with Gasteiger partial charge in [-0.25, -0.2) is 0 Å². The minimum atomic E-state index is -0.548. The van der Waals surface area contributed by atoms with Gasteiger partial charge in [0.15, 0.2) is 0 Å². The number of benzene rings is 1. The van der Waals surface area contributed by atoms with Crippen LogP contribution in [0.25, 0.3) is 0 Å². The van der Waals surface area contributed by atoms with Crippen LogP contribution in [0, 0.1) is 0 Å². The number of hydrogen-bond donors (Lipinski definition) is 2. The largest absolute Gasteiger partial charge is 0.397 e. The summed E-state index contributed by atoms with van der Waals surface area (Å²) < 4.78 is 4.86. The third kappa shape index (κ3) is 3.56. The maximum atomic E-state index is 9.60. The van der Waals surface area contributed by atoms with Gasteiger partial charge in [-0.15, -0.1) is 0 Å². The molecule has 1 unspecified atom stereocenters. The van der Waals surface area contributed by atoms with E-state index in [9.17, 15) is 5.11 Å². The van der Waals surface area contributed by atoms with Crippen LogP contribution in [-0.2, 0) is 4.74 Å². The first-order chi connectivity index (χ1) is 7.54. The number of anilines is 2. The lowest BCUT2D eigenvalue weighted by Gasteiger charge is -2.23. The highest BCUT2D eigenvalue weighted by Gasteiger charge is 2.11. The lowest BCUT2D eigenvalue weighted by molar-refractivity contribution is 0.0695. The van der Waals surface area contributed by atoms with Crippen molar-refractivity contribution in [1.29, 1.82) is 0 Å². The predicted molar refractivity (Wildman–Crippen MR) is 67.0 cm³/mol. The predicted octanol–water partition coefficient (Wildman–Crippen LogP) is 1.37. The maximum Gasteiger partial charge on any atom is 0.0947 e. The summed E-state index contributed by atoms with van der Waals surface area (Å²) in [5.74, 6) is 0. The fraction of sp³-hybridized carbons (Fsp3) is 0.455. The van der Waals surface area contributed by atoms with Gasteiger partial charge in [0.05, 0.1) is 24.1 Å². The van der Waals surface area contributed by atoms with Gasteiger partial charge in [0.2, 0.25) is 0 Å². The van der Waals surface area contributed by atoms with E-state index in [1.807, 2.05) is 11.9 Å². The fourth-order valence-electron chi connectivity index (χ4n) is 1.51. The van der Waals surface area contributed by atoms with Crippen molar-refractivity contribution in [3.8, 4) is 0 Å². The van der Waals surface area contributed by atoms with E-state index in [4.69, 9.17) is 22.1 Å². The molecule has 5 heteroatoms. The highest BCUT2D eigenvalue weighted by molar-refractivity contribution is 6.31. The summed E-state index contributed by atoms with van der Waals surface area (Å²) in [6.07, 6.45) is -0.548. The Kier molecular flexibility index (Phi) is 4.86. The quantitative estimate of drug-likeness (QED) is 0.768. The van der Waals surface area contributed by atoms with Gasteiger partial charge in [0, 0.05) is 25.7 Å². The van der Waals surface area contributed by atoms with Crippen LogP contribution in [0.5, 0.6) is 0 Å². The molecule has 0 bridgehead atoms. The van der Waals surface area contributed by atoms with Crippen molar-refractivity contribution in [2.24, 2.45) is 0 Å². The highest BCUT2D eigenvalue weighted by atomic mass is 35.5. The number of hydrogen-bond acceptors (Lipinski definition) is 4. The van der Waals surface area contributed by atoms with Gasteiger partial charge in [-0.2, -0.15) is 0 Å². The molecule has 1 aromatic rings. The van der Waals surface area contributed by atoms with Crippen molar-refractivity contribution in [1.82, 2.24) is 0 Å². The first-order valence-corrected chi connectivity index (χ1v) is 5.35. The van der Waals surface area contributed by atoms with Gasteiger partial charge in [-0.1, -0.05) is 11.6 Å². The minimum Gasteiger partial charge on any atom is -0.397 e. The third-order valence-electron chi connectivity index (χ3n) is 2.25. The van der Waals surface area contributed by atoms with Crippen molar-refractivity contribution in [2.75, 3.05) is 37.9 Å². The molecule has 0 radical (unpaired) electrons. The van der Waals surface area contributed by atoms with Crippen LogP contribution in [0.2, 0.25) is 5.02 Å². The molecule has 4 nitrogen and oxygen atoms in total. The van der Waals surface area contributed by atoms with Crippen LogP contribution in [0.3, 0.4) is 0 Å². The number of aliphatic hydroxyl groups excluding tert-OH is 1. The van der Waals surface area contributed by atoms with Gasteiger partial charge in [0.25, 0.3) is 0 Å². The number of nitrogens with two attached hydrogens (primary N) is 1. The Labute approximate surface area is 101 Å². The molecule has 0 saturated heterocycles. The summed E-state index contributed by atoms with van der Waals surface area (Å²) in [5.41, 5.74) is 7.27. The van der Waals surface area contributed by atoms with Crippen molar-refractivity contribution < 1.29 is 9.84 Å². The number of rotatable bonds is 5. The van der Waals surface area contributed by atoms with Gasteiger partial charge < -0.3 is 20.5 Å². The third-order valence-corrected chi connectivity index (χ3v) is 2.48. The van der Waals surface area contributed by atoms with Crippen molar-refractivity contribution in [3.05, 3.63) is 23.2 Å². The summed E-state index contributed by atoms with van der Waals surface area (Å²) in [4.78, 5) is 1.85.